The van der Waals surface area contributed by atoms with E-state index in [1.807, 2.05) is 0 Å². The predicted molar refractivity (Wildman–Crippen MR) is 81.4 cm³/mol. The Bertz CT molecular complexity index is 292. The molecule has 2 aliphatic rings. The first kappa shape index (κ1) is 15.3. The maximum Gasteiger partial charge on any atom is 0.0641 e. The van der Waals surface area contributed by atoms with Crippen LogP contribution in [-0.2, 0) is 4.74 Å². The van der Waals surface area contributed by atoms with Gasteiger partial charge in [0.2, 0.25) is 0 Å². The van der Waals surface area contributed by atoms with Crippen LogP contribution in [0.4, 0.5) is 0 Å². The van der Waals surface area contributed by atoms with Gasteiger partial charge in [0.1, 0.15) is 0 Å². The summed E-state index contributed by atoms with van der Waals surface area (Å²) in [5.74, 6) is 0.826. The molecule has 0 radical (unpaired) electrons. The standard InChI is InChI=1S/C17H33NO/c1-16(2,3)14-8-6-7-9-15(14)18-13-10-11-19-17(4,5)12-13/h13-15,18H,6-12H2,1-5H3. The van der Waals surface area contributed by atoms with Crippen molar-refractivity contribution < 1.29 is 4.74 Å². The number of nitrogens with one attached hydrogen (secondary N) is 1. The summed E-state index contributed by atoms with van der Waals surface area (Å²) in [7, 11) is 0. The molecular weight excluding hydrogens is 234 g/mol. The molecule has 19 heavy (non-hydrogen) atoms. The van der Waals surface area contributed by atoms with Crippen molar-refractivity contribution in [3.8, 4) is 0 Å². The molecule has 3 unspecified atom stereocenters. The van der Waals surface area contributed by atoms with Crippen molar-refractivity contribution in [2.75, 3.05) is 6.61 Å². The summed E-state index contributed by atoms with van der Waals surface area (Å²) >= 11 is 0. The Morgan fingerprint density at radius 1 is 1.05 bits per heavy atom. The van der Waals surface area contributed by atoms with Crippen LogP contribution in [0.2, 0.25) is 0 Å². The summed E-state index contributed by atoms with van der Waals surface area (Å²) in [6, 6.07) is 1.37. The fourth-order valence-electron chi connectivity index (χ4n) is 4.04. The monoisotopic (exact) mass is 267 g/mol. The lowest BCUT2D eigenvalue weighted by atomic mass is 9.69. The number of rotatable bonds is 2. The Kier molecular flexibility index (Phi) is 4.62. The summed E-state index contributed by atoms with van der Waals surface area (Å²) in [4.78, 5) is 0. The smallest absolute Gasteiger partial charge is 0.0641 e. The molecule has 0 aromatic carbocycles. The van der Waals surface area contributed by atoms with Crippen LogP contribution >= 0.6 is 0 Å². The number of hydrogen-bond donors (Lipinski definition) is 1. The van der Waals surface area contributed by atoms with Crippen molar-refractivity contribution in [1.29, 1.82) is 0 Å². The Hall–Kier alpha value is -0.0800. The molecule has 112 valence electrons. The summed E-state index contributed by atoms with van der Waals surface area (Å²) in [5.41, 5.74) is 0.487. The van der Waals surface area contributed by atoms with Crippen LogP contribution in [0.1, 0.15) is 73.1 Å². The summed E-state index contributed by atoms with van der Waals surface area (Å²) in [5, 5.41) is 3.99. The first-order chi connectivity index (χ1) is 8.78. The molecule has 3 atom stereocenters. The minimum absolute atomic E-state index is 0.0574. The van der Waals surface area contributed by atoms with Gasteiger partial charge >= 0.3 is 0 Å². The Labute approximate surface area is 119 Å². The molecule has 1 aliphatic carbocycles. The largest absolute Gasteiger partial charge is 0.375 e. The van der Waals surface area contributed by atoms with E-state index in [1.165, 1.54) is 32.1 Å². The minimum Gasteiger partial charge on any atom is -0.375 e. The van der Waals surface area contributed by atoms with E-state index in [4.69, 9.17) is 4.74 Å². The maximum absolute atomic E-state index is 5.84. The molecule has 0 bridgehead atoms. The zero-order chi connectivity index (χ0) is 14.1. The Balaban J connectivity index is 1.96. The Morgan fingerprint density at radius 3 is 2.37 bits per heavy atom. The minimum atomic E-state index is 0.0574. The summed E-state index contributed by atoms with van der Waals surface area (Å²) < 4.78 is 5.84. The van der Waals surface area contributed by atoms with Crippen molar-refractivity contribution in [1.82, 2.24) is 5.32 Å². The average Bonchev–Trinajstić information content (AvgIpc) is 2.26. The van der Waals surface area contributed by atoms with E-state index in [9.17, 15) is 0 Å². The zero-order valence-electron chi connectivity index (χ0n) is 13.6. The van der Waals surface area contributed by atoms with Crippen LogP contribution in [0.3, 0.4) is 0 Å². The third-order valence-corrected chi connectivity index (χ3v) is 5.03. The highest BCUT2D eigenvalue weighted by Crippen LogP contribution is 2.38. The number of ether oxygens (including phenoxy) is 1. The van der Waals surface area contributed by atoms with Gasteiger partial charge in [-0.15, -0.1) is 0 Å². The molecule has 0 aromatic rings. The molecular formula is C17H33NO. The van der Waals surface area contributed by atoms with Crippen LogP contribution in [0.25, 0.3) is 0 Å². The normalized spacial score (nSPS) is 36.2. The third kappa shape index (κ3) is 4.19. The van der Waals surface area contributed by atoms with Gasteiger partial charge < -0.3 is 10.1 Å². The van der Waals surface area contributed by atoms with Crippen LogP contribution < -0.4 is 5.32 Å². The highest BCUT2D eigenvalue weighted by Gasteiger charge is 2.37. The molecule has 2 heteroatoms. The van der Waals surface area contributed by atoms with E-state index in [-0.39, 0.29) is 5.60 Å². The predicted octanol–water partition coefficient (Wildman–Crippen LogP) is 4.14. The van der Waals surface area contributed by atoms with Crippen molar-refractivity contribution in [2.45, 2.75) is 90.8 Å². The topological polar surface area (TPSA) is 21.3 Å². The van der Waals surface area contributed by atoms with E-state index in [1.54, 1.807) is 0 Å². The van der Waals surface area contributed by atoms with Crippen molar-refractivity contribution in [3.63, 3.8) is 0 Å². The van der Waals surface area contributed by atoms with E-state index in [0.717, 1.165) is 18.9 Å². The second-order valence-corrected chi connectivity index (χ2v) is 8.33. The summed E-state index contributed by atoms with van der Waals surface area (Å²) in [6.45, 7) is 12.6. The SMILES string of the molecule is CC1(C)CC(NC2CCCCC2C(C)(C)C)CCO1. The van der Waals surface area contributed by atoms with Gasteiger partial charge in [0.15, 0.2) is 0 Å². The highest BCUT2D eigenvalue weighted by atomic mass is 16.5. The first-order valence-corrected chi connectivity index (χ1v) is 8.18. The lowest BCUT2D eigenvalue weighted by Crippen LogP contribution is -2.52. The van der Waals surface area contributed by atoms with E-state index >= 15 is 0 Å². The van der Waals surface area contributed by atoms with Gasteiger partial charge in [-0.1, -0.05) is 33.6 Å². The fraction of sp³-hybridized carbons (Fsp3) is 1.00. The second-order valence-electron chi connectivity index (χ2n) is 8.33. The molecule has 1 saturated carbocycles. The molecule has 0 aromatic heterocycles. The molecule has 1 aliphatic heterocycles. The lowest BCUT2D eigenvalue weighted by Gasteiger charge is -2.44. The average molecular weight is 267 g/mol. The molecule has 1 heterocycles. The van der Waals surface area contributed by atoms with Crippen molar-refractivity contribution >= 4 is 0 Å². The van der Waals surface area contributed by atoms with Gasteiger partial charge in [0, 0.05) is 18.7 Å². The number of hydrogen-bond acceptors (Lipinski definition) is 2. The third-order valence-electron chi connectivity index (χ3n) is 5.03. The molecule has 0 amide bonds. The molecule has 1 N–H and O–H groups in total. The molecule has 2 fully saturated rings. The van der Waals surface area contributed by atoms with Gasteiger partial charge in [-0.3, -0.25) is 0 Å². The molecule has 2 nitrogen and oxygen atoms in total. The first-order valence-electron chi connectivity index (χ1n) is 8.18. The second kappa shape index (κ2) is 5.73. The fourth-order valence-corrected chi connectivity index (χ4v) is 4.04. The van der Waals surface area contributed by atoms with Crippen molar-refractivity contribution in [3.05, 3.63) is 0 Å². The van der Waals surface area contributed by atoms with Crippen LogP contribution in [0.5, 0.6) is 0 Å². The van der Waals surface area contributed by atoms with E-state index in [2.05, 4.69) is 39.9 Å². The zero-order valence-corrected chi connectivity index (χ0v) is 13.6. The van der Waals surface area contributed by atoms with Gasteiger partial charge in [0.25, 0.3) is 0 Å². The lowest BCUT2D eigenvalue weighted by molar-refractivity contribution is -0.0667. The maximum atomic E-state index is 5.84. The summed E-state index contributed by atoms with van der Waals surface area (Å²) in [6.07, 6.45) is 7.90. The van der Waals surface area contributed by atoms with Gasteiger partial charge in [-0.25, -0.2) is 0 Å². The van der Waals surface area contributed by atoms with E-state index in [0.29, 0.717) is 17.5 Å². The van der Waals surface area contributed by atoms with E-state index < -0.39 is 0 Å². The molecule has 0 spiro atoms. The van der Waals surface area contributed by atoms with Crippen LogP contribution in [0.15, 0.2) is 0 Å². The van der Waals surface area contributed by atoms with Crippen LogP contribution in [0, 0.1) is 11.3 Å². The van der Waals surface area contributed by atoms with Gasteiger partial charge in [-0.05, 0) is 50.9 Å². The van der Waals surface area contributed by atoms with Gasteiger partial charge in [0.05, 0.1) is 5.60 Å². The highest BCUT2D eigenvalue weighted by molar-refractivity contribution is 4.92. The Morgan fingerprint density at radius 2 is 1.74 bits per heavy atom. The van der Waals surface area contributed by atoms with Crippen molar-refractivity contribution in [2.24, 2.45) is 11.3 Å². The van der Waals surface area contributed by atoms with Crippen LogP contribution in [-0.4, -0.2) is 24.3 Å². The quantitative estimate of drug-likeness (QED) is 0.812. The molecule has 1 saturated heterocycles. The molecule has 2 rings (SSSR count). The van der Waals surface area contributed by atoms with Gasteiger partial charge in [-0.2, -0.15) is 0 Å².